The van der Waals surface area contributed by atoms with Gasteiger partial charge in [-0.15, -0.1) is 0 Å². The number of para-hydroxylation sites is 1. The number of carbonyl (C=O) groups excluding carboxylic acids is 1. The first-order chi connectivity index (χ1) is 15.2. The van der Waals surface area contributed by atoms with Crippen molar-refractivity contribution in [2.45, 2.75) is 38.4 Å². The zero-order valence-electron chi connectivity index (χ0n) is 18.8. The molecule has 7 nitrogen and oxygen atoms in total. The molecule has 2 aromatic heterocycles. The molecule has 0 saturated carbocycles. The van der Waals surface area contributed by atoms with Crippen molar-refractivity contribution in [2.24, 2.45) is 0 Å². The van der Waals surface area contributed by atoms with Crippen molar-refractivity contribution in [3.05, 3.63) is 58.4 Å². The maximum atomic E-state index is 13.7. The number of amides is 1. The first-order valence-corrected chi connectivity index (χ1v) is 11.3. The molecule has 2 N–H and O–H groups in total. The van der Waals surface area contributed by atoms with Crippen LogP contribution in [0.2, 0.25) is 0 Å². The van der Waals surface area contributed by atoms with E-state index in [9.17, 15) is 9.59 Å². The van der Waals surface area contributed by atoms with Gasteiger partial charge in [-0.3, -0.25) is 9.59 Å². The number of thioether (sulfide) groups is 1. The lowest BCUT2D eigenvalue weighted by atomic mass is 10.1. The van der Waals surface area contributed by atoms with Crippen LogP contribution in [0, 0.1) is 6.92 Å². The van der Waals surface area contributed by atoms with Gasteiger partial charge in [-0.2, -0.15) is 0 Å². The molecule has 0 aliphatic carbocycles. The number of hydrogen-bond donors (Lipinski definition) is 2. The molecule has 8 heteroatoms. The van der Waals surface area contributed by atoms with Crippen LogP contribution < -0.4 is 15.6 Å². The average Bonchev–Trinajstić information content (AvgIpc) is 3.10. The fraction of sp³-hybridized carbons (Fsp3) is 0.292. The van der Waals surface area contributed by atoms with E-state index in [1.807, 2.05) is 70.2 Å². The van der Waals surface area contributed by atoms with Gasteiger partial charge in [-0.1, -0.05) is 36.0 Å². The van der Waals surface area contributed by atoms with Crippen LogP contribution in [-0.2, 0) is 4.79 Å². The van der Waals surface area contributed by atoms with E-state index in [2.05, 4.69) is 10.3 Å². The maximum absolute atomic E-state index is 13.7. The Morgan fingerprint density at radius 2 is 1.97 bits per heavy atom. The van der Waals surface area contributed by atoms with Gasteiger partial charge in [0.25, 0.3) is 5.56 Å². The molecule has 0 radical (unpaired) electrons. The number of benzene rings is 2. The molecule has 1 amide bonds. The van der Waals surface area contributed by atoms with Crippen LogP contribution in [0.3, 0.4) is 0 Å². The summed E-state index contributed by atoms with van der Waals surface area (Å²) in [6.07, 6.45) is 0. The van der Waals surface area contributed by atoms with Crippen LogP contribution in [0.1, 0.15) is 26.3 Å². The third kappa shape index (κ3) is 4.23. The Kier molecular flexibility index (Phi) is 5.73. The Bertz CT molecular complexity index is 1380. The summed E-state index contributed by atoms with van der Waals surface area (Å²) in [4.78, 5) is 34.2. The highest BCUT2D eigenvalue weighted by Gasteiger charge is 2.21. The van der Waals surface area contributed by atoms with Crippen molar-refractivity contribution in [3.8, 4) is 11.4 Å². The largest absolute Gasteiger partial charge is 0.495 e. The number of hydrogen-bond acceptors (Lipinski definition) is 5. The molecule has 0 aliphatic heterocycles. The van der Waals surface area contributed by atoms with Gasteiger partial charge in [0.2, 0.25) is 5.91 Å². The van der Waals surface area contributed by atoms with Crippen molar-refractivity contribution < 1.29 is 9.53 Å². The Morgan fingerprint density at radius 3 is 2.69 bits per heavy atom. The fourth-order valence-electron chi connectivity index (χ4n) is 3.61. The normalized spacial score (nSPS) is 11.8. The second-order valence-electron chi connectivity index (χ2n) is 8.69. The molecular formula is C24H26N4O3S. The van der Waals surface area contributed by atoms with Gasteiger partial charge in [0.1, 0.15) is 16.8 Å². The van der Waals surface area contributed by atoms with E-state index >= 15 is 0 Å². The van der Waals surface area contributed by atoms with E-state index in [1.165, 1.54) is 16.3 Å². The summed E-state index contributed by atoms with van der Waals surface area (Å²) in [5, 5.41) is 4.25. The van der Waals surface area contributed by atoms with Gasteiger partial charge in [-0.25, -0.2) is 9.55 Å². The van der Waals surface area contributed by atoms with E-state index in [0.717, 1.165) is 16.5 Å². The van der Waals surface area contributed by atoms with Crippen LogP contribution in [-0.4, -0.2) is 38.8 Å². The lowest BCUT2D eigenvalue weighted by Crippen LogP contribution is -2.41. The van der Waals surface area contributed by atoms with Gasteiger partial charge < -0.3 is 15.0 Å². The molecule has 2 heterocycles. The van der Waals surface area contributed by atoms with E-state index in [0.29, 0.717) is 27.6 Å². The SMILES string of the molecule is COc1ccc(C)cc1-n1c(SCC(=O)NC(C)(C)C)nc2c([nH]c3ccccc32)c1=O. The number of aromatic nitrogens is 3. The van der Waals surface area contributed by atoms with Crippen molar-refractivity contribution in [2.75, 3.05) is 12.9 Å². The number of aryl methyl sites for hydroxylation is 1. The van der Waals surface area contributed by atoms with Crippen molar-refractivity contribution in [1.29, 1.82) is 0 Å². The zero-order valence-corrected chi connectivity index (χ0v) is 19.6. The minimum atomic E-state index is -0.342. The average molecular weight is 451 g/mol. The van der Waals surface area contributed by atoms with Gasteiger partial charge in [-0.05, 0) is 51.5 Å². The summed E-state index contributed by atoms with van der Waals surface area (Å²) in [7, 11) is 1.57. The van der Waals surface area contributed by atoms with Gasteiger partial charge >= 0.3 is 0 Å². The Morgan fingerprint density at radius 1 is 1.22 bits per heavy atom. The molecule has 32 heavy (non-hydrogen) atoms. The number of carbonyl (C=O) groups is 1. The summed E-state index contributed by atoms with van der Waals surface area (Å²) in [6, 6.07) is 13.3. The maximum Gasteiger partial charge on any atom is 0.283 e. The number of fused-ring (bicyclic) bond motifs is 3. The summed E-state index contributed by atoms with van der Waals surface area (Å²) >= 11 is 1.23. The second-order valence-corrected chi connectivity index (χ2v) is 9.63. The molecular weight excluding hydrogens is 424 g/mol. The standard InChI is InChI=1S/C24H26N4O3S/c1-14-10-11-18(31-5)17(12-14)28-22(30)21-20(15-8-6-7-9-16(15)25-21)26-23(28)32-13-19(29)27-24(2,3)4/h6-12,25H,13H2,1-5H3,(H,27,29). The highest BCUT2D eigenvalue weighted by atomic mass is 32.2. The number of H-pyrrole nitrogens is 1. The highest BCUT2D eigenvalue weighted by Crippen LogP contribution is 2.30. The van der Waals surface area contributed by atoms with Gasteiger partial charge in [0, 0.05) is 16.4 Å². The number of nitrogens with zero attached hydrogens (tertiary/aromatic N) is 2. The molecule has 0 unspecified atom stereocenters. The molecule has 166 valence electrons. The van der Waals surface area contributed by atoms with E-state index in [-0.39, 0.29) is 22.8 Å². The summed E-state index contributed by atoms with van der Waals surface area (Å²) in [6.45, 7) is 7.74. The quantitative estimate of drug-likeness (QED) is 0.352. The Labute approximate surface area is 190 Å². The fourth-order valence-corrected chi connectivity index (χ4v) is 4.41. The van der Waals surface area contributed by atoms with E-state index < -0.39 is 0 Å². The molecule has 0 saturated heterocycles. The van der Waals surface area contributed by atoms with Crippen LogP contribution in [0.4, 0.5) is 0 Å². The number of methoxy groups -OCH3 is 1. The number of nitrogens with one attached hydrogen (secondary N) is 2. The zero-order chi connectivity index (χ0) is 23.0. The van der Waals surface area contributed by atoms with Crippen LogP contribution in [0.5, 0.6) is 5.75 Å². The highest BCUT2D eigenvalue weighted by molar-refractivity contribution is 7.99. The number of ether oxygens (including phenoxy) is 1. The van der Waals surface area contributed by atoms with Crippen LogP contribution in [0.25, 0.3) is 27.6 Å². The molecule has 2 aromatic carbocycles. The topological polar surface area (TPSA) is 89.0 Å². The minimum Gasteiger partial charge on any atom is -0.495 e. The Balaban J connectivity index is 1.92. The summed E-state index contributed by atoms with van der Waals surface area (Å²) in [5.74, 6) is 0.556. The summed E-state index contributed by atoms with van der Waals surface area (Å²) in [5.41, 5.74) is 2.82. The Hall–Kier alpha value is -3.26. The molecule has 4 rings (SSSR count). The second kappa shape index (κ2) is 8.35. The minimum absolute atomic E-state index is 0.126. The first kappa shape index (κ1) is 22.0. The van der Waals surface area contributed by atoms with E-state index in [4.69, 9.17) is 9.72 Å². The van der Waals surface area contributed by atoms with Crippen molar-refractivity contribution in [3.63, 3.8) is 0 Å². The summed E-state index contributed by atoms with van der Waals surface area (Å²) < 4.78 is 7.07. The lowest BCUT2D eigenvalue weighted by molar-refractivity contribution is -0.119. The van der Waals surface area contributed by atoms with Crippen molar-refractivity contribution in [1.82, 2.24) is 19.9 Å². The van der Waals surface area contributed by atoms with Crippen LogP contribution in [0.15, 0.2) is 52.4 Å². The molecule has 0 bridgehead atoms. The third-order valence-corrected chi connectivity index (χ3v) is 5.85. The number of aromatic amines is 1. The molecule has 0 atom stereocenters. The molecule has 0 fully saturated rings. The molecule has 4 aromatic rings. The monoisotopic (exact) mass is 450 g/mol. The molecule has 0 aliphatic rings. The third-order valence-electron chi connectivity index (χ3n) is 4.92. The van der Waals surface area contributed by atoms with Gasteiger partial charge in [0.05, 0.1) is 18.6 Å². The smallest absolute Gasteiger partial charge is 0.283 e. The number of rotatable bonds is 5. The van der Waals surface area contributed by atoms with Gasteiger partial charge in [0.15, 0.2) is 5.16 Å². The predicted molar refractivity (Wildman–Crippen MR) is 129 cm³/mol. The van der Waals surface area contributed by atoms with Crippen LogP contribution >= 0.6 is 11.8 Å². The van der Waals surface area contributed by atoms with E-state index in [1.54, 1.807) is 7.11 Å². The van der Waals surface area contributed by atoms with Crippen molar-refractivity contribution >= 4 is 39.6 Å². The lowest BCUT2D eigenvalue weighted by Gasteiger charge is -2.20. The molecule has 0 spiro atoms. The predicted octanol–water partition coefficient (Wildman–Crippen LogP) is 4.19. The first-order valence-electron chi connectivity index (χ1n) is 10.3.